The first kappa shape index (κ1) is 19.6. The van der Waals surface area contributed by atoms with Crippen LogP contribution in [0.25, 0.3) is 0 Å². The van der Waals surface area contributed by atoms with Crippen molar-refractivity contribution in [3.8, 4) is 5.75 Å². The monoisotopic (exact) mass is 410 g/mol. The largest absolute Gasteiger partial charge is 0.508 e. The van der Waals surface area contributed by atoms with Gasteiger partial charge >= 0.3 is 12.1 Å². The molecule has 2 saturated heterocycles. The van der Waals surface area contributed by atoms with E-state index in [0.717, 1.165) is 0 Å². The van der Waals surface area contributed by atoms with Crippen molar-refractivity contribution in [3.63, 3.8) is 0 Å². The lowest BCUT2D eigenvalue weighted by Crippen LogP contribution is -2.51. The van der Waals surface area contributed by atoms with Gasteiger partial charge in [0, 0.05) is 43.1 Å². The van der Waals surface area contributed by atoms with E-state index in [0.29, 0.717) is 56.3 Å². The van der Waals surface area contributed by atoms with E-state index in [1.54, 1.807) is 46.2 Å². The number of hydrogen-bond acceptors (Lipinski definition) is 5. The summed E-state index contributed by atoms with van der Waals surface area (Å²) in [6.07, 6.45) is -0.397. The first-order chi connectivity index (χ1) is 14.5. The molecule has 2 aromatic rings. The number of amides is 4. The maximum atomic E-state index is 12.6. The zero-order valence-electron chi connectivity index (χ0n) is 16.3. The Morgan fingerprint density at radius 3 is 2.37 bits per heavy atom. The van der Waals surface area contributed by atoms with Crippen LogP contribution in [0.4, 0.5) is 21.0 Å². The van der Waals surface area contributed by atoms with E-state index in [-0.39, 0.29) is 17.7 Å². The number of piperazine rings is 1. The Labute approximate surface area is 173 Å². The number of phenols is 1. The molecule has 2 N–H and O–H groups in total. The van der Waals surface area contributed by atoms with Gasteiger partial charge in [-0.15, -0.1) is 0 Å². The van der Waals surface area contributed by atoms with E-state index in [2.05, 4.69) is 5.32 Å². The molecule has 2 aliphatic heterocycles. The van der Waals surface area contributed by atoms with Crippen molar-refractivity contribution in [2.24, 2.45) is 0 Å². The maximum absolute atomic E-state index is 12.6. The second kappa shape index (κ2) is 8.32. The molecular weight excluding hydrogens is 388 g/mol. The fourth-order valence-corrected chi connectivity index (χ4v) is 3.52. The summed E-state index contributed by atoms with van der Waals surface area (Å²) in [6, 6.07) is 13.0. The van der Waals surface area contributed by atoms with Gasteiger partial charge in [-0.3, -0.25) is 9.69 Å². The highest BCUT2D eigenvalue weighted by Crippen LogP contribution is 2.23. The normalized spacial score (nSPS) is 16.4. The molecule has 2 heterocycles. The number of benzene rings is 2. The van der Waals surface area contributed by atoms with Crippen molar-refractivity contribution in [2.45, 2.75) is 0 Å². The SMILES string of the molecule is O=C(Nc1cccc(N2CCOC2=O)c1)N1CCN(C(=O)c2cccc(O)c2)CC1. The number of aromatic hydroxyl groups is 1. The average molecular weight is 410 g/mol. The van der Waals surface area contributed by atoms with Crippen LogP contribution in [0.1, 0.15) is 10.4 Å². The molecule has 9 heteroatoms. The molecule has 2 fully saturated rings. The number of phenolic OH excluding ortho intramolecular Hbond substituents is 1. The Bertz CT molecular complexity index is 971. The van der Waals surface area contributed by atoms with Crippen molar-refractivity contribution in [2.75, 3.05) is 49.5 Å². The molecule has 0 bridgehead atoms. The van der Waals surface area contributed by atoms with Crippen LogP contribution < -0.4 is 10.2 Å². The zero-order valence-corrected chi connectivity index (χ0v) is 16.3. The van der Waals surface area contributed by atoms with Crippen molar-refractivity contribution in [1.29, 1.82) is 0 Å². The van der Waals surface area contributed by atoms with Crippen LogP contribution in [-0.2, 0) is 4.74 Å². The van der Waals surface area contributed by atoms with Gasteiger partial charge in [0.25, 0.3) is 5.91 Å². The highest BCUT2D eigenvalue weighted by Gasteiger charge is 2.26. The fourth-order valence-electron chi connectivity index (χ4n) is 3.52. The van der Waals surface area contributed by atoms with Crippen LogP contribution in [0.2, 0.25) is 0 Å². The smallest absolute Gasteiger partial charge is 0.414 e. The van der Waals surface area contributed by atoms with Crippen molar-refractivity contribution >= 4 is 29.4 Å². The number of carbonyl (C=O) groups excluding carboxylic acids is 3. The van der Waals surface area contributed by atoms with Crippen LogP contribution in [0.5, 0.6) is 5.75 Å². The van der Waals surface area contributed by atoms with Crippen LogP contribution in [0.3, 0.4) is 0 Å². The number of urea groups is 1. The molecule has 156 valence electrons. The lowest BCUT2D eigenvalue weighted by Gasteiger charge is -2.34. The van der Waals surface area contributed by atoms with Gasteiger partial charge in [0.2, 0.25) is 0 Å². The summed E-state index contributed by atoms with van der Waals surface area (Å²) < 4.78 is 4.95. The molecule has 0 aliphatic carbocycles. The molecule has 0 unspecified atom stereocenters. The quantitative estimate of drug-likeness (QED) is 0.809. The molecule has 4 rings (SSSR count). The lowest BCUT2D eigenvalue weighted by atomic mass is 10.1. The zero-order chi connectivity index (χ0) is 21.1. The van der Waals surface area contributed by atoms with E-state index in [9.17, 15) is 19.5 Å². The van der Waals surface area contributed by atoms with Crippen LogP contribution in [0, 0.1) is 0 Å². The Kier molecular flexibility index (Phi) is 5.42. The fraction of sp³-hybridized carbons (Fsp3) is 0.286. The first-order valence-electron chi connectivity index (χ1n) is 9.70. The minimum absolute atomic E-state index is 0.0447. The third kappa shape index (κ3) is 4.14. The van der Waals surface area contributed by atoms with Gasteiger partial charge < -0.3 is 25.0 Å². The standard InChI is InChI=1S/C21H22N4O5/c26-18-6-1-3-15(13-18)19(27)23-7-9-24(10-8-23)20(28)22-16-4-2-5-17(14-16)25-11-12-30-21(25)29/h1-6,13-14,26H,7-12H2,(H,22,28). The molecule has 0 radical (unpaired) electrons. The first-order valence-corrected chi connectivity index (χ1v) is 9.70. The molecular formula is C21H22N4O5. The minimum Gasteiger partial charge on any atom is -0.508 e. The van der Waals surface area contributed by atoms with Gasteiger partial charge in [-0.25, -0.2) is 9.59 Å². The second-order valence-corrected chi connectivity index (χ2v) is 7.08. The van der Waals surface area contributed by atoms with Crippen molar-refractivity contribution < 1.29 is 24.2 Å². The summed E-state index contributed by atoms with van der Waals surface area (Å²) in [5.41, 5.74) is 1.66. The van der Waals surface area contributed by atoms with Crippen LogP contribution in [0.15, 0.2) is 48.5 Å². The number of hydrogen-bond donors (Lipinski definition) is 2. The summed E-state index contributed by atoms with van der Waals surface area (Å²) in [6.45, 7) is 2.43. The van der Waals surface area contributed by atoms with Gasteiger partial charge in [0.1, 0.15) is 12.4 Å². The average Bonchev–Trinajstić information content (AvgIpc) is 3.19. The predicted octanol–water partition coefficient (Wildman–Crippen LogP) is 2.34. The van der Waals surface area contributed by atoms with Gasteiger partial charge in [-0.2, -0.15) is 0 Å². The van der Waals surface area contributed by atoms with E-state index in [1.807, 2.05) is 0 Å². The molecule has 0 spiro atoms. The third-order valence-electron chi connectivity index (χ3n) is 5.12. The third-order valence-corrected chi connectivity index (χ3v) is 5.12. The number of carbonyl (C=O) groups is 3. The highest BCUT2D eigenvalue weighted by molar-refractivity contribution is 5.95. The number of cyclic esters (lactones) is 1. The van der Waals surface area contributed by atoms with Crippen LogP contribution in [-0.4, -0.2) is 72.3 Å². The lowest BCUT2D eigenvalue weighted by molar-refractivity contribution is 0.0671. The Morgan fingerprint density at radius 1 is 0.933 bits per heavy atom. The molecule has 0 saturated carbocycles. The van der Waals surface area contributed by atoms with Crippen LogP contribution >= 0.6 is 0 Å². The number of rotatable bonds is 3. The number of nitrogens with zero attached hydrogens (tertiary/aromatic N) is 3. The van der Waals surface area contributed by atoms with E-state index in [4.69, 9.17) is 4.74 Å². The van der Waals surface area contributed by atoms with Gasteiger partial charge in [-0.05, 0) is 36.4 Å². The summed E-state index contributed by atoms with van der Waals surface area (Å²) in [5, 5.41) is 12.4. The summed E-state index contributed by atoms with van der Waals surface area (Å²) in [5.74, 6) is -0.126. The number of ether oxygens (including phenoxy) is 1. The van der Waals surface area contributed by atoms with Crippen molar-refractivity contribution in [1.82, 2.24) is 9.80 Å². The van der Waals surface area contributed by atoms with E-state index < -0.39 is 6.09 Å². The second-order valence-electron chi connectivity index (χ2n) is 7.08. The summed E-state index contributed by atoms with van der Waals surface area (Å²) >= 11 is 0. The van der Waals surface area contributed by atoms with E-state index in [1.165, 1.54) is 17.0 Å². The minimum atomic E-state index is -0.397. The Hall–Kier alpha value is -3.75. The number of nitrogens with one attached hydrogen (secondary N) is 1. The molecule has 2 aromatic carbocycles. The topological polar surface area (TPSA) is 102 Å². The van der Waals surface area contributed by atoms with Gasteiger partial charge in [0.15, 0.2) is 0 Å². The maximum Gasteiger partial charge on any atom is 0.414 e. The van der Waals surface area contributed by atoms with Gasteiger partial charge in [-0.1, -0.05) is 12.1 Å². The molecule has 4 amide bonds. The number of anilines is 2. The molecule has 2 aliphatic rings. The molecule has 0 aromatic heterocycles. The van der Waals surface area contributed by atoms with Crippen molar-refractivity contribution in [3.05, 3.63) is 54.1 Å². The molecule has 9 nitrogen and oxygen atoms in total. The van der Waals surface area contributed by atoms with Gasteiger partial charge in [0.05, 0.1) is 6.54 Å². The van der Waals surface area contributed by atoms with E-state index >= 15 is 0 Å². The summed E-state index contributed by atoms with van der Waals surface area (Å²) in [7, 11) is 0. The summed E-state index contributed by atoms with van der Waals surface area (Å²) in [4.78, 5) is 41.7. The molecule has 30 heavy (non-hydrogen) atoms. The Morgan fingerprint density at radius 2 is 1.67 bits per heavy atom. The highest BCUT2D eigenvalue weighted by atomic mass is 16.6. The Balaban J connectivity index is 1.34. The molecule has 0 atom stereocenters. The predicted molar refractivity (Wildman–Crippen MR) is 110 cm³/mol.